The van der Waals surface area contributed by atoms with Gasteiger partial charge in [-0.05, 0) is 19.1 Å². The van der Waals surface area contributed by atoms with Crippen molar-refractivity contribution in [3.63, 3.8) is 0 Å². The maximum Gasteiger partial charge on any atom is 0.345 e. The van der Waals surface area contributed by atoms with Crippen molar-refractivity contribution in [2.24, 2.45) is 0 Å². The highest BCUT2D eigenvalue weighted by atomic mass is 32.1. The molecule has 0 saturated heterocycles. The molecule has 2 N–H and O–H groups in total. The summed E-state index contributed by atoms with van der Waals surface area (Å²) in [5.41, 5.74) is 0. The van der Waals surface area contributed by atoms with E-state index in [0.717, 1.165) is 4.88 Å². The predicted molar refractivity (Wildman–Crippen MR) is 64.2 cm³/mol. The van der Waals surface area contributed by atoms with E-state index in [1.807, 2.05) is 0 Å². The number of carbonyl (C=O) groups excluding carboxylic acids is 1. The number of hydrogen-bond donors (Lipinski definition) is 2. The summed E-state index contributed by atoms with van der Waals surface area (Å²) < 4.78 is 4.78. The number of carbonyl (C=O) groups is 2. The Labute approximate surface area is 103 Å². The predicted octanol–water partition coefficient (Wildman–Crippen LogP) is 1.49. The van der Waals surface area contributed by atoms with E-state index in [4.69, 9.17) is 9.84 Å². The van der Waals surface area contributed by atoms with Gasteiger partial charge in [0.05, 0.1) is 13.0 Å². The summed E-state index contributed by atoms with van der Waals surface area (Å²) in [5.74, 6) is -1.13. The third-order valence-electron chi connectivity index (χ3n) is 1.98. The zero-order chi connectivity index (χ0) is 12.7. The van der Waals surface area contributed by atoms with Crippen molar-refractivity contribution in [2.45, 2.75) is 19.9 Å². The molecule has 0 spiro atoms. The first kappa shape index (κ1) is 13.7. The summed E-state index contributed by atoms with van der Waals surface area (Å²) in [4.78, 5) is 22.9. The van der Waals surface area contributed by atoms with E-state index in [1.165, 1.54) is 11.3 Å². The van der Waals surface area contributed by atoms with Crippen LogP contribution < -0.4 is 5.32 Å². The molecule has 0 aliphatic heterocycles. The monoisotopic (exact) mass is 257 g/mol. The summed E-state index contributed by atoms with van der Waals surface area (Å²) in [5, 5.41) is 11.8. The van der Waals surface area contributed by atoms with Crippen LogP contribution in [0.3, 0.4) is 0 Å². The Morgan fingerprint density at radius 3 is 2.82 bits per heavy atom. The topological polar surface area (TPSA) is 75.6 Å². The van der Waals surface area contributed by atoms with E-state index >= 15 is 0 Å². The van der Waals surface area contributed by atoms with Crippen molar-refractivity contribution in [3.05, 3.63) is 21.9 Å². The Balaban J connectivity index is 2.22. The number of aromatic carboxylic acids is 1. The maximum absolute atomic E-state index is 11.0. The van der Waals surface area contributed by atoms with Gasteiger partial charge < -0.3 is 15.2 Å². The lowest BCUT2D eigenvalue weighted by atomic mass is 10.4. The normalized spacial score (nSPS) is 10.2. The third-order valence-corrected chi connectivity index (χ3v) is 3.06. The van der Waals surface area contributed by atoms with Crippen LogP contribution >= 0.6 is 11.3 Å². The second-order valence-electron chi connectivity index (χ2n) is 3.30. The van der Waals surface area contributed by atoms with Gasteiger partial charge in [0.15, 0.2) is 0 Å². The number of carboxylic acids is 1. The molecule has 17 heavy (non-hydrogen) atoms. The highest BCUT2D eigenvalue weighted by Crippen LogP contribution is 2.15. The van der Waals surface area contributed by atoms with Gasteiger partial charge in [-0.1, -0.05) is 0 Å². The molecule has 0 bridgehead atoms. The van der Waals surface area contributed by atoms with Crippen molar-refractivity contribution in [2.75, 3.05) is 13.2 Å². The summed E-state index contributed by atoms with van der Waals surface area (Å²) >= 11 is 1.23. The number of carboxylic acid groups (broad SMARTS) is 1. The highest BCUT2D eigenvalue weighted by Gasteiger charge is 2.06. The first-order valence-corrected chi connectivity index (χ1v) is 6.13. The van der Waals surface area contributed by atoms with E-state index in [1.54, 1.807) is 19.1 Å². The summed E-state index contributed by atoms with van der Waals surface area (Å²) in [6, 6.07) is 3.35. The van der Waals surface area contributed by atoms with Crippen LogP contribution in [-0.2, 0) is 16.1 Å². The summed E-state index contributed by atoms with van der Waals surface area (Å²) in [6.45, 7) is 3.26. The minimum Gasteiger partial charge on any atom is -0.477 e. The van der Waals surface area contributed by atoms with Crippen molar-refractivity contribution < 1.29 is 19.4 Å². The van der Waals surface area contributed by atoms with E-state index in [-0.39, 0.29) is 5.97 Å². The lowest BCUT2D eigenvalue weighted by molar-refractivity contribution is -0.142. The Morgan fingerprint density at radius 1 is 1.47 bits per heavy atom. The Morgan fingerprint density at radius 2 is 2.24 bits per heavy atom. The van der Waals surface area contributed by atoms with Crippen LogP contribution in [0.25, 0.3) is 0 Å². The number of hydrogen-bond acceptors (Lipinski definition) is 5. The number of nitrogens with one attached hydrogen (secondary N) is 1. The van der Waals surface area contributed by atoms with Crippen LogP contribution in [0.15, 0.2) is 12.1 Å². The Kier molecular flexibility index (Phi) is 5.65. The fraction of sp³-hybridized carbons (Fsp3) is 0.455. The van der Waals surface area contributed by atoms with Gasteiger partial charge in [-0.25, -0.2) is 4.79 Å². The molecular formula is C11H15NO4S. The first-order valence-electron chi connectivity index (χ1n) is 5.31. The third kappa shape index (κ3) is 4.97. The second-order valence-corrected chi connectivity index (χ2v) is 4.47. The molecule has 0 aromatic carbocycles. The zero-order valence-electron chi connectivity index (χ0n) is 9.56. The molecule has 5 nitrogen and oxygen atoms in total. The van der Waals surface area contributed by atoms with Crippen molar-refractivity contribution in [1.29, 1.82) is 0 Å². The minimum atomic E-state index is -0.909. The zero-order valence-corrected chi connectivity index (χ0v) is 10.4. The van der Waals surface area contributed by atoms with Crippen LogP contribution in [0.4, 0.5) is 0 Å². The van der Waals surface area contributed by atoms with Crippen LogP contribution in [0.5, 0.6) is 0 Å². The molecule has 1 aromatic heterocycles. The summed E-state index contributed by atoms with van der Waals surface area (Å²) in [6.07, 6.45) is 0.324. The lowest BCUT2D eigenvalue weighted by Gasteiger charge is -2.02. The minimum absolute atomic E-state index is 0.225. The number of thiophene rings is 1. The molecule has 94 valence electrons. The molecule has 0 aliphatic carbocycles. The fourth-order valence-electron chi connectivity index (χ4n) is 1.22. The Bertz CT molecular complexity index is 389. The second kappa shape index (κ2) is 7.03. The van der Waals surface area contributed by atoms with E-state index < -0.39 is 5.97 Å². The largest absolute Gasteiger partial charge is 0.477 e. The van der Waals surface area contributed by atoms with Gasteiger partial charge in [0, 0.05) is 18.0 Å². The molecule has 0 unspecified atom stereocenters. The first-order chi connectivity index (χ1) is 8.13. The van der Waals surface area contributed by atoms with Crippen LogP contribution in [0.2, 0.25) is 0 Å². The molecule has 0 fully saturated rings. The lowest BCUT2D eigenvalue weighted by Crippen LogP contribution is -2.18. The summed E-state index contributed by atoms with van der Waals surface area (Å²) in [7, 11) is 0. The molecule has 1 aromatic rings. The van der Waals surface area contributed by atoms with Gasteiger partial charge in [-0.3, -0.25) is 4.79 Å². The van der Waals surface area contributed by atoms with Crippen LogP contribution in [0, 0.1) is 0 Å². The standard InChI is InChI=1S/C11H15NO4S/c1-2-16-10(13)5-6-12-7-8-3-4-9(17-8)11(14)15/h3-4,12H,2,5-7H2,1H3,(H,14,15). The average Bonchev–Trinajstić information content (AvgIpc) is 2.73. The van der Waals surface area contributed by atoms with Crippen LogP contribution in [-0.4, -0.2) is 30.2 Å². The molecule has 0 radical (unpaired) electrons. The van der Waals surface area contributed by atoms with Gasteiger partial charge >= 0.3 is 11.9 Å². The molecule has 0 saturated carbocycles. The number of rotatable bonds is 7. The van der Waals surface area contributed by atoms with Gasteiger partial charge in [0.1, 0.15) is 4.88 Å². The number of esters is 1. The molecule has 0 amide bonds. The maximum atomic E-state index is 11.0. The molecule has 1 heterocycles. The average molecular weight is 257 g/mol. The smallest absolute Gasteiger partial charge is 0.345 e. The molecule has 1 rings (SSSR count). The quantitative estimate of drug-likeness (QED) is 0.571. The van der Waals surface area contributed by atoms with E-state index in [0.29, 0.717) is 31.0 Å². The number of ether oxygens (including phenoxy) is 1. The van der Waals surface area contributed by atoms with Crippen molar-refractivity contribution in [3.8, 4) is 0 Å². The molecular weight excluding hydrogens is 242 g/mol. The highest BCUT2D eigenvalue weighted by molar-refractivity contribution is 7.13. The molecule has 0 aliphatic rings. The van der Waals surface area contributed by atoms with E-state index in [2.05, 4.69) is 5.32 Å². The molecule has 0 atom stereocenters. The van der Waals surface area contributed by atoms with Gasteiger partial charge in [0.2, 0.25) is 0 Å². The van der Waals surface area contributed by atoms with Gasteiger partial charge in [0.25, 0.3) is 0 Å². The van der Waals surface area contributed by atoms with E-state index in [9.17, 15) is 9.59 Å². The van der Waals surface area contributed by atoms with Crippen molar-refractivity contribution >= 4 is 23.3 Å². The molecule has 6 heteroatoms. The SMILES string of the molecule is CCOC(=O)CCNCc1ccc(C(=O)O)s1. The Hall–Kier alpha value is -1.40. The van der Waals surface area contributed by atoms with Gasteiger partial charge in [-0.15, -0.1) is 11.3 Å². The van der Waals surface area contributed by atoms with Crippen LogP contribution in [0.1, 0.15) is 27.9 Å². The van der Waals surface area contributed by atoms with Crippen molar-refractivity contribution in [1.82, 2.24) is 5.32 Å². The van der Waals surface area contributed by atoms with Gasteiger partial charge in [-0.2, -0.15) is 0 Å². The fourth-order valence-corrected chi connectivity index (χ4v) is 2.04.